The lowest BCUT2D eigenvalue weighted by atomic mass is 9.83. The van der Waals surface area contributed by atoms with E-state index in [9.17, 15) is 4.79 Å². The molecule has 1 N–H and O–H groups in total. The van der Waals surface area contributed by atoms with E-state index in [-0.39, 0.29) is 0 Å². The summed E-state index contributed by atoms with van der Waals surface area (Å²) in [5, 5.41) is 8.67. The number of carbonyl (C=O) groups excluding carboxylic acids is 1. The van der Waals surface area contributed by atoms with Gasteiger partial charge in [-0.1, -0.05) is 19.3 Å². The molecule has 3 heteroatoms. The number of rotatable bonds is 4. The molecule has 0 saturated heterocycles. The molecule has 0 heterocycles. The molecule has 1 radical (unpaired) electrons. The van der Waals surface area contributed by atoms with Crippen LogP contribution in [0.4, 0.5) is 0 Å². The van der Waals surface area contributed by atoms with E-state index in [1.165, 1.54) is 19.3 Å². The summed E-state index contributed by atoms with van der Waals surface area (Å²) in [6.45, 7) is 3.58. The molecule has 69 valence electrons. The van der Waals surface area contributed by atoms with Crippen molar-refractivity contribution in [1.82, 2.24) is 0 Å². The predicted molar refractivity (Wildman–Crippen MR) is 44.3 cm³/mol. The molecule has 3 nitrogen and oxygen atoms in total. The van der Waals surface area contributed by atoms with Crippen LogP contribution in [-0.4, -0.2) is 23.8 Å². The molecule has 1 saturated carbocycles. The summed E-state index contributed by atoms with van der Waals surface area (Å²) in [5.74, 6) is 0.120. The zero-order valence-corrected chi connectivity index (χ0v) is 7.16. The Kier molecular flexibility index (Phi) is 3.53. The Morgan fingerprint density at radius 2 is 2.33 bits per heavy atom. The highest BCUT2D eigenvalue weighted by Gasteiger charge is 2.18. The summed E-state index contributed by atoms with van der Waals surface area (Å²) in [6, 6.07) is 0. The average Bonchev–Trinajstić information content (AvgIpc) is 1.93. The smallest absolute Gasteiger partial charge is 0.334 e. The quantitative estimate of drug-likeness (QED) is 0.640. The van der Waals surface area contributed by atoms with Crippen LogP contribution in [0.25, 0.3) is 0 Å². The van der Waals surface area contributed by atoms with E-state index in [4.69, 9.17) is 9.84 Å². The van der Waals surface area contributed by atoms with Crippen LogP contribution in [0.3, 0.4) is 0 Å². The largest absolute Gasteiger partial charge is 0.464 e. The molecule has 1 aliphatic rings. The second kappa shape index (κ2) is 4.45. The van der Waals surface area contributed by atoms with Gasteiger partial charge in [0.2, 0.25) is 0 Å². The van der Waals surface area contributed by atoms with Crippen LogP contribution in [0.2, 0.25) is 0 Å². The summed E-state index contributed by atoms with van der Waals surface area (Å²) >= 11 is 0. The fraction of sp³-hybridized carbons (Fsp3) is 0.778. The van der Waals surface area contributed by atoms with Crippen LogP contribution < -0.4 is 0 Å². The van der Waals surface area contributed by atoms with Crippen molar-refractivity contribution >= 4 is 5.97 Å². The molecule has 0 amide bonds. The maximum absolute atomic E-state index is 10.7. The highest BCUT2D eigenvalue weighted by Crippen LogP contribution is 2.29. The Morgan fingerprint density at radius 1 is 1.67 bits per heavy atom. The molecule has 12 heavy (non-hydrogen) atoms. The number of carbonyl (C=O) groups is 1. The first-order valence-electron chi connectivity index (χ1n) is 4.38. The maximum Gasteiger partial charge on any atom is 0.334 e. The third-order valence-corrected chi connectivity index (χ3v) is 2.27. The zero-order chi connectivity index (χ0) is 8.97. The van der Waals surface area contributed by atoms with Gasteiger partial charge in [-0.3, -0.25) is 0 Å². The molecule has 1 rings (SSSR count). The van der Waals surface area contributed by atoms with Gasteiger partial charge in [-0.2, -0.15) is 0 Å². The van der Waals surface area contributed by atoms with Crippen LogP contribution in [-0.2, 0) is 9.53 Å². The topological polar surface area (TPSA) is 46.5 Å². The lowest BCUT2D eigenvalue weighted by Gasteiger charge is -2.24. The third-order valence-electron chi connectivity index (χ3n) is 2.27. The van der Waals surface area contributed by atoms with Gasteiger partial charge < -0.3 is 9.84 Å². The van der Waals surface area contributed by atoms with Gasteiger partial charge in [0, 0.05) is 0 Å². The van der Waals surface area contributed by atoms with E-state index in [1.807, 2.05) is 0 Å². The van der Waals surface area contributed by atoms with Crippen molar-refractivity contribution < 1.29 is 14.6 Å². The van der Waals surface area contributed by atoms with Crippen LogP contribution in [0.5, 0.6) is 0 Å². The summed E-state index contributed by atoms with van der Waals surface area (Å²) < 4.78 is 4.76. The summed E-state index contributed by atoms with van der Waals surface area (Å²) in [6.07, 6.45) is 3.51. The maximum atomic E-state index is 10.7. The Labute approximate surface area is 72.7 Å². The average molecular weight is 171 g/mol. The minimum absolute atomic E-state index is 0.427. The third kappa shape index (κ3) is 2.81. The number of hydrogen-bond donors (Lipinski definition) is 1. The summed E-state index contributed by atoms with van der Waals surface area (Å²) in [7, 11) is 0. The van der Waals surface area contributed by atoms with Crippen molar-refractivity contribution in [3.8, 4) is 0 Å². The first-order valence-corrected chi connectivity index (χ1v) is 4.38. The lowest BCUT2D eigenvalue weighted by Crippen LogP contribution is -2.22. The molecular weight excluding hydrogens is 156 g/mol. The number of ether oxygens (including phenoxy) is 1. The van der Waals surface area contributed by atoms with Crippen molar-refractivity contribution in [1.29, 1.82) is 0 Å². The molecule has 0 spiro atoms. The van der Waals surface area contributed by atoms with E-state index >= 15 is 0 Å². The number of aliphatic hydroxyl groups is 1. The van der Waals surface area contributed by atoms with Gasteiger partial charge in [0.25, 0.3) is 0 Å². The fourth-order valence-corrected chi connectivity index (χ4v) is 1.20. The second-order valence-corrected chi connectivity index (χ2v) is 3.27. The predicted octanol–water partition coefficient (Wildman–Crippen LogP) is 0.915. The standard InChI is InChI=1S/C9H15O3/c1-7(10)9(11)12-6-5-8-3-2-4-8/h7-8,10H,1-6H2. The molecule has 1 atom stereocenters. The molecule has 1 unspecified atom stereocenters. The second-order valence-electron chi connectivity index (χ2n) is 3.27. The highest BCUT2D eigenvalue weighted by molar-refractivity contribution is 5.74. The SMILES string of the molecule is [CH2]C(O)C(=O)OCCC1CCC1. The van der Waals surface area contributed by atoms with Crippen LogP contribution in [0.15, 0.2) is 0 Å². The van der Waals surface area contributed by atoms with E-state index < -0.39 is 12.1 Å². The molecule has 1 fully saturated rings. The van der Waals surface area contributed by atoms with E-state index in [0.717, 1.165) is 12.3 Å². The van der Waals surface area contributed by atoms with E-state index in [2.05, 4.69) is 6.92 Å². The normalized spacial score (nSPS) is 19.8. The summed E-state index contributed by atoms with van der Waals surface area (Å²) in [5.41, 5.74) is 0. The molecule has 0 aromatic carbocycles. The number of hydrogen-bond acceptors (Lipinski definition) is 3. The van der Waals surface area contributed by atoms with Gasteiger partial charge in [-0.05, 0) is 19.3 Å². The van der Waals surface area contributed by atoms with Crippen molar-refractivity contribution in [3.05, 3.63) is 6.92 Å². The first-order chi connectivity index (χ1) is 5.70. The Balaban J connectivity index is 1.97. The van der Waals surface area contributed by atoms with Crippen LogP contribution >= 0.6 is 0 Å². The van der Waals surface area contributed by atoms with E-state index in [0.29, 0.717) is 6.61 Å². The Hall–Kier alpha value is -0.570. The first kappa shape index (κ1) is 9.52. The van der Waals surface area contributed by atoms with Crippen LogP contribution in [0, 0.1) is 12.8 Å². The minimum atomic E-state index is -1.23. The Morgan fingerprint density at radius 3 is 2.75 bits per heavy atom. The van der Waals surface area contributed by atoms with E-state index in [1.54, 1.807) is 0 Å². The molecule has 0 bridgehead atoms. The van der Waals surface area contributed by atoms with Gasteiger partial charge in [0.05, 0.1) is 6.61 Å². The van der Waals surface area contributed by atoms with Crippen molar-refractivity contribution in [2.45, 2.75) is 31.8 Å². The van der Waals surface area contributed by atoms with Crippen molar-refractivity contribution in [2.24, 2.45) is 5.92 Å². The molecule has 1 aliphatic carbocycles. The van der Waals surface area contributed by atoms with Crippen molar-refractivity contribution in [2.75, 3.05) is 6.61 Å². The number of aliphatic hydroxyl groups excluding tert-OH is 1. The van der Waals surface area contributed by atoms with Crippen LogP contribution in [0.1, 0.15) is 25.7 Å². The minimum Gasteiger partial charge on any atom is -0.464 e. The van der Waals surface area contributed by atoms with Gasteiger partial charge in [0.15, 0.2) is 6.10 Å². The molecule has 0 aromatic rings. The number of esters is 1. The fourth-order valence-electron chi connectivity index (χ4n) is 1.20. The molecule has 0 aliphatic heterocycles. The lowest BCUT2D eigenvalue weighted by molar-refractivity contribution is -0.151. The van der Waals surface area contributed by atoms with Crippen molar-refractivity contribution in [3.63, 3.8) is 0 Å². The summed E-state index contributed by atoms with van der Waals surface area (Å²) in [4.78, 5) is 10.7. The van der Waals surface area contributed by atoms with Gasteiger partial charge >= 0.3 is 5.97 Å². The molecular formula is C9H15O3. The van der Waals surface area contributed by atoms with Gasteiger partial charge in [-0.15, -0.1) is 0 Å². The van der Waals surface area contributed by atoms with Gasteiger partial charge in [0.1, 0.15) is 0 Å². The monoisotopic (exact) mass is 171 g/mol. The highest BCUT2D eigenvalue weighted by atomic mass is 16.5. The zero-order valence-electron chi connectivity index (χ0n) is 7.16. The molecule has 0 aromatic heterocycles. The van der Waals surface area contributed by atoms with Gasteiger partial charge in [-0.25, -0.2) is 4.79 Å². The Bertz CT molecular complexity index is 150.